The average Bonchev–Trinajstić information content (AvgIpc) is 2.42. The standard InChI is InChI=1S/C13H17F2NO3S/c1-9-2-4-16(5-3-9)20(18,19)12-7-10(8-17)6-11(14)13(12)15/h6-7,9,17H,2-5,8H2,1H3. The van der Waals surface area contributed by atoms with Crippen LogP contribution < -0.4 is 0 Å². The maximum Gasteiger partial charge on any atom is 0.246 e. The molecule has 4 nitrogen and oxygen atoms in total. The lowest BCUT2D eigenvalue weighted by atomic mass is 10.0. The molecule has 0 bridgehead atoms. The Morgan fingerprint density at radius 2 is 1.90 bits per heavy atom. The van der Waals surface area contributed by atoms with Crippen molar-refractivity contribution in [3.05, 3.63) is 29.3 Å². The van der Waals surface area contributed by atoms with E-state index in [-0.39, 0.29) is 5.56 Å². The van der Waals surface area contributed by atoms with Crippen molar-refractivity contribution in [3.8, 4) is 0 Å². The van der Waals surface area contributed by atoms with Gasteiger partial charge in [0.05, 0.1) is 6.61 Å². The molecular formula is C13H17F2NO3S. The first kappa shape index (κ1) is 15.3. The quantitative estimate of drug-likeness (QED) is 0.927. The molecule has 7 heteroatoms. The summed E-state index contributed by atoms with van der Waals surface area (Å²) in [6, 6.07) is 1.79. The Morgan fingerprint density at radius 1 is 1.30 bits per heavy atom. The van der Waals surface area contributed by atoms with E-state index >= 15 is 0 Å². The summed E-state index contributed by atoms with van der Waals surface area (Å²) < 4.78 is 53.1. The lowest BCUT2D eigenvalue weighted by Gasteiger charge is -2.29. The van der Waals surface area contributed by atoms with Crippen LogP contribution in [0.25, 0.3) is 0 Å². The maximum absolute atomic E-state index is 13.8. The predicted octanol–water partition coefficient (Wildman–Crippen LogP) is 1.88. The van der Waals surface area contributed by atoms with Gasteiger partial charge in [0.1, 0.15) is 4.90 Å². The van der Waals surface area contributed by atoms with Crippen molar-refractivity contribution >= 4 is 10.0 Å². The van der Waals surface area contributed by atoms with Crippen molar-refractivity contribution in [2.75, 3.05) is 13.1 Å². The molecule has 0 amide bonds. The molecule has 1 aliphatic heterocycles. The molecule has 0 radical (unpaired) electrons. The summed E-state index contributed by atoms with van der Waals surface area (Å²) in [5.41, 5.74) is 0.0350. The molecule has 112 valence electrons. The van der Waals surface area contributed by atoms with Crippen molar-refractivity contribution in [2.45, 2.75) is 31.3 Å². The van der Waals surface area contributed by atoms with Gasteiger partial charge in [-0.05, 0) is 36.5 Å². The largest absolute Gasteiger partial charge is 0.392 e. The molecule has 0 aromatic heterocycles. The fourth-order valence-electron chi connectivity index (χ4n) is 2.26. The molecule has 0 unspecified atom stereocenters. The van der Waals surface area contributed by atoms with E-state index in [2.05, 4.69) is 0 Å². The first-order valence-corrected chi connectivity index (χ1v) is 7.89. The minimum atomic E-state index is -4.06. The number of benzene rings is 1. The second-order valence-corrected chi connectivity index (χ2v) is 7.04. The van der Waals surface area contributed by atoms with Crippen LogP contribution >= 0.6 is 0 Å². The second kappa shape index (κ2) is 5.75. The van der Waals surface area contributed by atoms with Gasteiger partial charge >= 0.3 is 0 Å². The van der Waals surface area contributed by atoms with E-state index in [4.69, 9.17) is 5.11 Å². The Hall–Kier alpha value is -1.05. The number of sulfonamides is 1. The first-order chi connectivity index (χ1) is 9.36. The summed E-state index contributed by atoms with van der Waals surface area (Å²) in [5.74, 6) is -2.23. The van der Waals surface area contributed by atoms with E-state index < -0.39 is 33.2 Å². The number of nitrogens with zero attached hydrogens (tertiary/aromatic N) is 1. The van der Waals surface area contributed by atoms with Crippen LogP contribution in [-0.4, -0.2) is 30.9 Å². The summed E-state index contributed by atoms with van der Waals surface area (Å²) in [6.45, 7) is 2.08. The van der Waals surface area contributed by atoms with Gasteiger partial charge in [-0.3, -0.25) is 0 Å². The molecule has 0 atom stereocenters. The smallest absolute Gasteiger partial charge is 0.246 e. The highest BCUT2D eigenvalue weighted by Crippen LogP contribution is 2.27. The predicted molar refractivity (Wildman–Crippen MR) is 69.4 cm³/mol. The molecular weight excluding hydrogens is 288 g/mol. The molecule has 1 heterocycles. The van der Waals surface area contributed by atoms with E-state index in [1.165, 1.54) is 4.31 Å². The van der Waals surface area contributed by atoms with Crippen LogP contribution in [0.5, 0.6) is 0 Å². The third-order valence-corrected chi connectivity index (χ3v) is 5.50. The molecule has 20 heavy (non-hydrogen) atoms. The SMILES string of the molecule is CC1CCN(S(=O)(=O)c2cc(CO)cc(F)c2F)CC1. The second-order valence-electron chi connectivity index (χ2n) is 5.13. The van der Waals surface area contributed by atoms with Crippen molar-refractivity contribution < 1.29 is 22.3 Å². The molecule has 1 aromatic carbocycles. The highest BCUT2D eigenvalue weighted by molar-refractivity contribution is 7.89. The van der Waals surface area contributed by atoms with Gasteiger partial charge in [0, 0.05) is 13.1 Å². The third kappa shape index (κ3) is 2.84. The van der Waals surface area contributed by atoms with E-state index in [0.29, 0.717) is 31.8 Å². The van der Waals surface area contributed by atoms with Crippen molar-refractivity contribution in [1.29, 1.82) is 0 Å². The lowest BCUT2D eigenvalue weighted by Crippen LogP contribution is -2.38. The topological polar surface area (TPSA) is 57.6 Å². The van der Waals surface area contributed by atoms with E-state index in [1.54, 1.807) is 0 Å². The van der Waals surface area contributed by atoms with Crippen LogP contribution in [0.2, 0.25) is 0 Å². The van der Waals surface area contributed by atoms with E-state index in [1.807, 2.05) is 6.92 Å². The summed E-state index contributed by atoms with van der Waals surface area (Å²) >= 11 is 0. The number of hydrogen-bond donors (Lipinski definition) is 1. The van der Waals surface area contributed by atoms with Crippen molar-refractivity contribution in [1.82, 2.24) is 4.31 Å². The molecule has 0 saturated carbocycles. The van der Waals surface area contributed by atoms with E-state index in [0.717, 1.165) is 12.1 Å². The minimum Gasteiger partial charge on any atom is -0.392 e. The minimum absolute atomic E-state index is 0.0350. The number of halogens is 2. The lowest BCUT2D eigenvalue weighted by molar-refractivity contribution is 0.279. The van der Waals surface area contributed by atoms with Crippen LogP contribution in [0.15, 0.2) is 17.0 Å². The average molecular weight is 305 g/mol. The third-order valence-electron chi connectivity index (χ3n) is 3.60. The Balaban J connectivity index is 2.41. The summed E-state index contributed by atoms with van der Waals surface area (Å²) in [6.07, 6.45) is 1.39. The molecule has 0 aliphatic carbocycles. The number of piperidine rings is 1. The molecule has 1 aliphatic rings. The molecule has 1 saturated heterocycles. The zero-order valence-corrected chi connectivity index (χ0v) is 12.0. The highest BCUT2D eigenvalue weighted by atomic mass is 32.2. The van der Waals surface area contributed by atoms with Gasteiger partial charge in [-0.25, -0.2) is 17.2 Å². The highest BCUT2D eigenvalue weighted by Gasteiger charge is 2.31. The van der Waals surface area contributed by atoms with Crippen LogP contribution in [0, 0.1) is 17.6 Å². The van der Waals surface area contributed by atoms with Crippen LogP contribution in [0.4, 0.5) is 8.78 Å². The van der Waals surface area contributed by atoms with Gasteiger partial charge in [-0.15, -0.1) is 0 Å². The van der Waals surface area contributed by atoms with Crippen molar-refractivity contribution in [2.24, 2.45) is 5.92 Å². The Bertz CT molecular complexity index is 596. The Kier molecular flexibility index (Phi) is 4.41. The monoisotopic (exact) mass is 305 g/mol. The molecule has 1 aromatic rings. The zero-order valence-electron chi connectivity index (χ0n) is 11.1. The van der Waals surface area contributed by atoms with Gasteiger partial charge in [-0.1, -0.05) is 6.92 Å². The zero-order chi connectivity index (χ0) is 14.9. The molecule has 1 fully saturated rings. The van der Waals surface area contributed by atoms with Gasteiger partial charge in [0.2, 0.25) is 10.0 Å². The Labute approximate surface area is 117 Å². The fourth-order valence-corrected chi connectivity index (χ4v) is 3.85. The molecule has 1 N–H and O–H groups in total. The summed E-state index contributed by atoms with van der Waals surface area (Å²) in [4.78, 5) is -0.698. The van der Waals surface area contributed by atoms with Gasteiger partial charge in [-0.2, -0.15) is 4.31 Å². The van der Waals surface area contributed by atoms with Crippen molar-refractivity contribution in [3.63, 3.8) is 0 Å². The van der Waals surface area contributed by atoms with Crippen LogP contribution in [-0.2, 0) is 16.6 Å². The fraction of sp³-hybridized carbons (Fsp3) is 0.538. The number of aliphatic hydroxyl groups is 1. The number of aliphatic hydroxyl groups excluding tert-OH is 1. The normalized spacial score (nSPS) is 18.4. The van der Waals surface area contributed by atoms with E-state index in [9.17, 15) is 17.2 Å². The van der Waals surface area contributed by atoms with Gasteiger partial charge in [0.15, 0.2) is 11.6 Å². The number of hydrogen-bond acceptors (Lipinski definition) is 3. The molecule has 2 rings (SSSR count). The first-order valence-electron chi connectivity index (χ1n) is 6.45. The number of rotatable bonds is 3. The van der Waals surface area contributed by atoms with Gasteiger partial charge in [0.25, 0.3) is 0 Å². The summed E-state index contributed by atoms with van der Waals surface area (Å²) in [7, 11) is -4.06. The van der Waals surface area contributed by atoms with Gasteiger partial charge < -0.3 is 5.11 Å². The molecule has 0 spiro atoms. The van der Waals surface area contributed by atoms with Crippen LogP contribution in [0.1, 0.15) is 25.3 Å². The Morgan fingerprint density at radius 3 is 2.45 bits per heavy atom. The summed E-state index contributed by atoms with van der Waals surface area (Å²) in [5, 5.41) is 8.99. The van der Waals surface area contributed by atoms with Crippen LogP contribution in [0.3, 0.4) is 0 Å². The maximum atomic E-state index is 13.8.